The number of carboxylic acid groups (broad SMARTS) is 1. The highest BCUT2D eigenvalue weighted by Gasteiger charge is 2.42. The van der Waals surface area contributed by atoms with Crippen LogP contribution >= 0.6 is 15.9 Å². The number of hydrogen-bond acceptors (Lipinski definition) is 2. The molecule has 2 N–H and O–H groups in total. The van der Waals surface area contributed by atoms with E-state index in [1.54, 1.807) is 0 Å². The predicted octanol–water partition coefficient (Wildman–Crippen LogP) is 3.22. The van der Waals surface area contributed by atoms with Crippen LogP contribution in [0.25, 0.3) is 0 Å². The quantitative estimate of drug-likeness (QED) is 0.737. The largest absolute Gasteiger partial charge is 0.465 e. The van der Waals surface area contributed by atoms with E-state index in [0.717, 1.165) is 25.7 Å². The molecule has 1 fully saturated rings. The Morgan fingerprint density at radius 1 is 1.24 bits per heavy atom. The van der Waals surface area contributed by atoms with Gasteiger partial charge in [-0.05, 0) is 25.2 Å². The maximum Gasteiger partial charge on any atom is 0.405 e. The van der Waals surface area contributed by atoms with Crippen molar-refractivity contribution in [1.29, 1.82) is 0 Å². The van der Waals surface area contributed by atoms with Gasteiger partial charge in [-0.1, -0.05) is 49.5 Å². The van der Waals surface area contributed by atoms with Crippen LogP contribution in [0.4, 0.5) is 4.79 Å². The fourth-order valence-corrected chi connectivity index (χ4v) is 3.08. The van der Waals surface area contributed by atoms with Crippen molar-refractivity contribution in [3.8, 4) is 0 Å². The molecule has 0 aliphatic heterocycles. The Labute approximate surface area is 135 Å². The number of nitrogens with zero attached hydrogens (tertiary/aromatic N) is 1. The Morgan fingerprint density at radius 3 is 2.14 bits per heavy atom. The SMILES string of the molecule is CC(C)(C)C(C)(CN(C(=O)CBr)C1CCCC1)NC(=O)O. The summed E-state index contributed by atoms with van der Waals surface area (Å²) in [6.07, 6.45) is 3.23. The van der Waals surface area contributed by atoms with Crippen molar-refractivity contribution in [2.45, 2.75) is 65.0 Å². The number of carbonyl (C=O) groups is 2. The zero-order valence-corrected chi connectivity index (χ0v) is 15.0. The number of nitrogens with one attached hydrogen (secondary N) is 1. The molecule has 0 saturated heterocycles. The van der Waals surface area contributed by atoms with Crippen LogP contribution in [0.5, 0.6) is 0 Å². The molecule has 5 nitrogen and oxygen atoms in total. The van der Waals surface area contributed by atoms with Crippen LogP contribution in [-0.2, 0) is 4.79 Å². The summed E-state index contributed by atoms with van der Waals surface area (Å²) in [4.78, 5) is 25.3. The highest BCUT2D eigenvalue weighted by Crippen LogP contribution is 2.33. The first kappa shape index (κ1) is 18.3. The van der Waals surface area contributed by atoms with Crippen LogP contribution in [-0.4, -0.2) is 45.5 Å². The lowest BCUT2D eigenvalue weighted by Crippen LogP contribution is -2.62. The highest BCUT2D eigenvalue weighted by molar-refractivity contribution is 9.09. The van der Waals surface area contributed by atoms with Crippen molar-refractivity contribution in [2.75, 3.05) is 11.9 Å². The Bertz CT molecular complexity index is 389. The van der Waals surface area contributed by atoms with Gasteiger partial charge in [0.2, 0.25) is 5.91 Å². The van der Waals surface area contributed by atoms with Gasteiger partial charge in [-0.25, -0.2) is 4.79 Å². The third-order valence-corrected chi connectivity index (χ3v) is 5.20. The summed E-state index contributed by atoms with van der Waals surface area (Å²) in [5.74, 6) is 0.0320. The minimum absolute atomic E-state index is 0.0320. The monoisotopic (exact) mass is 362 g/mol. The van der Waals surface area contributed by atoms with Gasteiger partial charge in [0.15, 0.2) is 0 Å². The number of rotatable bonds is 5. The van der Waals surface area contributed by atoms with E-state index in [0.29, 0.717) is 6.54 Å². The van der Waals surface area contributed by atoms with Crippen molar-refractivity contribution in [2.24, 2.45) is 5.41 Å². The van der Waals surface area contributed by atoms with Crippen LogP contribution in [0.2, 0.25) is 0 Å². The molecule has 1 atom stereocenters. The molecule has 0 spiro atoms. The lowest BCUT2D eigenvalue weighted by atomic mass is 9.74. The molecule has 6 heteroatoms. The average molecular weight is 363 g/mol. The lowest BCUT2D eigenvalue weighted by molar-refractivity contribution is -0.132. The Balaban J connectivity index is 3.00. The van der Waals surface area contributed by atoms with Crippen LogP contribution in [0, 0.1) is 5.41 Å². The van der Waals surface area contributed by atoms with E-state index in [-0.39, 0.29) is 22.7 Å². The van der Waals surface area contributed by atoms with Gasteiger partial charge in [-0.3, -0.25) is 4.79 Å². The summed E-state index contributed by atoms with van der Waals surface area (Å²) in [6.45, 7) is 8.26. The van der Waals surface area contributed by atoms with Crippen molar-refractivity contribution in [3.05, 3.63) is 0 Å². The summed E-state index contributed by atoms with van der Waals surface area (Å²) < 4.78 is 0. The number of carbonyl (C=O) groups excluding carboxylic acids is 1. The smallest absolute Gasteiger partial charge is 0.405 e. The summed E-state index contributed by atoms with van der Waals surface area (Å²) in [7, 11) is 0. The molecule has 122 valence electrons. The molecule has 1 rings (SSSR count). The van der Waals surface area contributed by atoms with E-state index < -0.39 is 11.6 Å². The minimum atomic E-state index is -1.05. The van der Waals surface area contributed by atoms with Crippen molar-refractivity contribution >= 4 is 27.9 Å². The molecule has 0 aromatic rings. The molecule has 0 radical (unpaired) electrons. The molecule has 1 saturated carbocycles. The van der Waals surface area contributed by atoms with E-state index in [9.17, 15) is 9.59 Å². The van der Waals surface area contributed by atoms with E-state index in [1.165, 1.54) is 0 Å². The summed E-state index contributed by atoms with van der Waals surface area (Å²) in [5, 5.41) is 12.1. The normalized spacial score (nSPS) is 19.1. The zero-order chi connectivity index (χ0) is 16.3. The van der Waals surface area contributed by atoms with Gasteiger partial charge in [-0.2, -0.15) is 0 Å². The molecule has 1 unspecified atom stereocenters. The fraction of sp³-hybridized carbons (Fsp3) is 0.867. The first-order valence-electron chi connectivity index (χ1n) is 7.47. The second-order valence-electron chi connectivity index (χ2n) is 7.11. The molecule has 0 heterocycles. The van der Waals surface area contributed by atoms with Crippen LogP contribution in [0.1, 0.15) is 53.4 Å². The first-order chi connectivity index (χ1) is 9.60. The Hall–Kier alpha value is -0.780. The van der Waals surface area contributed by atoms with Crippen LogP contribution in [0.15, 0.2) is 0 Å². The van der Waals surface area contributed by atoms with Gasteiger partial charge in [0.1, 0.15) is 0 Å². The first-order valence-corrected chi connectivity index (χ1v) is 8.59. The Kier molecular flexibility index (Phi) is 6.08. The third kappa shape index (κ3) is 4.59. The van der Waals surface area contributed by atoms with E-state index in [1.807, 2.05) is 32.6 Å². The third-order valence-electron chi connectivity index (χ3n) is 4.72. The number of halogens is 1. The van der Waals surface area contributed by atoms with Gasteiger partial charge in [0.25, 0.3) is 0 Å². The van der Waals surface area contributed by atoms with Crippen LogP contribution in [0.3, 0.4) is 0 Å². The molecule has 0 bridgehead atoms. The van der Waals surface area contributed by atoms with Crippen LogP contribution < -0.4 is 5.32 Å². The molecule has 2 amide bonds. The molecule has 1 aliphatic rings. The number of hydrogen-bond donors (Lipinski definition) is 2. The van der Waals surface area contributed by atoms with Gasteiger partial charge < -0.3 is 15.3 Å². The summed E-state index contributed by atoms with van der Waals surface area (Å²) in [5.41, 5.74) is -0.992. The number of amides is 2. The summed E-state index contributed by atoms with van der Waals surface area (Å²) in [6, 6.07) is 0.229. The molecule has 21 heavy (non-hydrogen) atoms. The van der Waals surface area contributed by atoms with Gasteiger partial charge in [0.05, 0.1) is 10.9 Å². The van der Waals surface area contributed by atoms with Crippen molar-refractivity contribution in [3.63, 3.8) is 0 Å². The minimum Gasteiger partial charge on any atom is -0.465 e. The fourth-order valence-electron chi connectivity index (χ4n) is 2.75. The molecule has 1 aliphatic carbocycles. The zero-order valence-electron chi connectivity index (χ0n) is 13.4. The van der Waals surface area contributed by atoms with Crippen molar-refractivity contribution in [1.82, 2.24) is 10.2 Å². The van der Waals surface area contributed by atoms with Gasteiger partial charge in [0, 0.05) is 12.6 Å². The van der Waals surface area contributed by atoms with E-state index >= 15 is 0 Å². The summed E-state index contributed by atoms with van der Waals surface area (Å²) >= 11 is 3.24. The predicted molar refractivity (Wildman–Crippen MR) is 86.8 cm³/mol. The van der Waals surface area contributed by atoms with E-state index in [4.69, 9.17) is 5.11 Å². The van der Waals surface area contributed by atoms with E-state index in [2.05, 4.69) is 21.2 Å². The molecular weight excluding hydrogens is 336 g/mol. The molecular formula is C15H27BrN2O3. The van der Waals surface area contributed by atoms with Gasteiger partial charge in [-0.15, -0.1) is 0 Å². The second-order valence-corrected chi connectivity index (χ2v) is 7.67. The maximum atomic E-state index is 12.3. The van der Waals surface area contributed by atoms with Gasteiger partial charge >= 0.3 is 6.09 Å². The standard InChI is InChI=1S/C15H27BrN2O3/c1-14(2,3)15(4,17-13(20)21)10-18(12(19)9-16)11-7-5-6-8-11/h11,17H,5-10H2,1-4H3,(H,20,21). The average Bonchev–Trinajstić information content (AvgIpc) is 2.86. The van der Waals surface area contributed by atoms with Crippen molar-refractivity contribution < 1.29 is 14.7 Å². The topological polar surface area (TPSA) is 69.6 Å². The number of alkyl halides is 1. The maximum absolute atomic E-state index is 12.3. The molecule has 0 aromatic carbocycles. The molecule has 0 aromatic heterocycles. The Morgan fingerprint density at radius 2 is 1.76 bits per heavy atom. The second kappa shape index (κ2) is 6.99. The lowest BCUT2D eigenvalue weighted by Gasteiger charge is -2.46. The highest BCUT2D eigenvalue weighted by atomic mass is 79.9.